The Labute approximate surface area is 184 Å². The number of hydrogen-bond acceptors (Lipinski definition) is 3. The number of halogens is 4. The Bertz CT molecular complexity index is 964. The van der Waals surface area contributed by atoms with Gasteiger partial charge in [0.2, 0.25) is 0 Å². The molecule has 0 unspecified atom stereocenters. The molecular formula is C23H22ClF3N2O2. The van der Waals surface area contributed by atoms with Crippen LogP contribution >= 0.6 is 11.6 Å². The first kappa shape index (κ1) is 24.3. The molecule has 0 bridgehead atoms. The maximum absolute atomic E-state index is 12.9. The number of nitrogens with one attached hydrogen (secondary N) is 1. The lowest BCUT2D eigenvalue weighted by Crippen LogP contribution is -2.15. The van der Waals surface area contributed by atoms with E-state index in [1.54, 1.807) is 30.3 Å². The van der Waals surface area contributed by atoms with E-state index in [1.165, 1.54) is 6.08 Å². The molecule has 0 aliphatic rings. The lowest BCUT2D eigenvalue weighted by molar-refractivity contribution is -0.137. The molecule has 2 aromatic rings. The topological polar surface area (TPSA) is 62.1 Å². The Morgan fingerprint density at radius 2 is 1.87 bits per heavy atom. The molecule has 31 heavy (non-hydrogen) atoms. The smallest absolute Gasteiger partial charge is 0.416 e. The first-order valence-corrected chi connectivity index (χ1v) is 10.1. The van der Waals surface area contributed by atoms with Crippen LogP contribution in [0.5, 0.6) is 5.75 Å². The molecule has 164 valence electrons. The highest BCUT2D eigenvalue weighted by Gasteiger charge is 2.31. The molecule has 0 atom stereocenters. The van der Waals surface area contributed by atoms with Gasteiger partial charge in [0.25, 0.3) is 5.91 Å². The Morgan fingerprint density at radius 1 is 1.16 bits per heavy atom. The minimum atomic E-state index is -4.59. The zero-order valence-corrected chi connectivity index (χ0v) is 17.7. The van der Waals surface area contributed by atoms with Gasteiger partial charge in [-0.2, -0.15) is 18.4 Å². The molecule has 1 amide bonds. The van der Waals surface area contributed by atoms with Gasteiger partial charge in [0.1, 0.15) is 17.4 Å². The number of unbranched alkanes of at least 4 members (excludes halogenated alkanes) is 3. The van der Waals surface area contributed by atoms with Crippen molar-refractivity contribution in [3.63, 3.8) is 0 Å². The first-order valence-electron chi connectivity index (χ1n) is 9.77. The van der Waals surface area contributed by atoms with E-state index in [0.29, 0.717) is 17.9 Å². The molecule has 2 rings (SSSR count). The number of benzene rings is 2. The summed E-state index contributed by atoms with van der Waals surface area (Å²) < 4.78 is 44.3. The molecule has 1 N–H and O–H groups in total. The summed E-state index contributed by atoms with van der Waals surface area (Å²) >= 11 is 5.89. The fourth-order valence-corrected chi connectivity index (χ4v) is 2.85. The molecule has 0 aromatic heterocycles. The van der Waals surface area contributed by atoms with Gasteiger partial charge in [-0.3, -0.25) is 4.79 Å². The number of anilines is 1. The number of hydrogen-bond donors (Lipinski definition) is 1. The van der Waals surface area contributed by atoms with E-state index in [4.69, 9.17) is 16.3 Å². The van der Waals surface area contributed by atoms with Gasteiger partial charge < -0.3 is 10.1 Å². The van der Waals surface area contributed by atoms with E-state index >= 15 is 0 Å². The number of nitrogens with zero attached hydrogens (tertiary/aromatic N) is 1. The van der Waals surface area contributed by atoms with Crippen molar-refractivity contribution in [2.24, 2.45) is 0 Å². The average Bonchev–Trinajstić information content (AvgIpc) is 2.73. The van der Waals surface area contributed by atoms with Crippen LogP contribution in [0.1, 0.15) is 43.7 Å². The van der Waals surface area contributed by atoms with Gasteiger partial charge in [-0.15, -0.1) is 0 Å². The van der Waals surface area contributed by atoms with Crippen LogP contribution in [0.3, 0.4) is 0 Å². The molecule has 0 aliphatic heterocycles. The highest BCUT2D eigenvalue weighted by atomic mass is 35.5. The monoisotopic (exact) mass is 450 g/mol. The van der Waals surface area contributed by atoms with Gasteiger partial charge in [0.05, 0.1) is 22.9 Å². The molecule has 0 saturated heterocycles. The number of alkyl halides is 3. The lowest BCUT2D eigenvalue weighted by atomic mass is 10.1. The molecule has 0 aliphatic carbocycles. The van der Waals surface area contributed by atoms with Crippen LogP contribution in [0.15, 0.2) is 48.0 Å². The molecule has 0 radical (unpaired) electrons. The highest BCUT2D eigenvalue weighted by Crippen LogP contribution is 2.34. The Kier molecular flexibility index (Phi) is 8.95. The summed E-state index contributed by atoms with van der Waals surface area (Å²) in [5.74, 6) is -0.188. The zero-order valence-electron chi connectivity index (χ0n) is 16.9. The summed E-state index contributed by atoms with van der Waals surface area (Å²) in [6, 6.07) is 11.1. The Hall–Kier alpha value is -2.98. The largest absolute Gasteiger partial charge is 0.494 e. The van der Waals surface area contributed by atoms with Crippen molar-refractivity contribution < 1.29 is 22.7 Å². The number of nitriles is 1. The van der Waals surface area contributed by atoms with Gasteiger partial charge >= 0.3 is 6.18 Å². The van der Waals surface area contributed by atoms with Crippen LogP contribution in [0, 0.1) is 11.3 Å². The second-order valence-electron chi connectivity index (χ2n) is 6.79. The summed E-state index contributed by atoms with van der Waals surface area (Å²) in [5, 5.41) is 11.5. The number of carbonyl (C=O) groups is 1. The highest BCUT2D eigenvalue weighted by molar-refractivity contribution is 6.34. The maximum atomic E-state index is 12.9. The normalized spacial score (nSPS) is 11.7. The molecule has 0 heterocycles. The van der Waals surface area contributed by atoms with Gasteiger partial charge in [-0.05, 0) is 48.4 Å². The van der Waals surface area contributed by atoms with Crippen LogP contribution in [0.2, 0.25) is 5.02 Å². The minimum Gasteiger partial charge on any atom is -0.494 e. The van der Waals surface area contributed by atoms with Crippen molar-refractivity contribution in [3.8, 4) is 11.8 Å². The Balaban J connectivity index is 2.06. The average molecular weight is 451 g/mol. The van der Waals surface area contributed by atoms with Crippen LogP contribution in [-0.2, 0) is 11.0 Å². The summed E-state index contributed by atoms with van der Waals surface area (Å²) in [6.07, 6.45) is 1.13. The minimum absolute atomic E-state index is 0.0703. The Morgan fingerprint density at radius 3 is 2.48 bits per heavy atom. The molecule has 2 aromatic carbocycles. The summed E-state index contributed by atoms with van der Waals surface area (Å²) in [5.41, 5.74) is -0.892. The van der Waals surface area contributed by atoms with Crippen molar-refractivity contribution in [2.45, 2.75) is 38.8 Å². The number of carbonyl (C=O) groups excluding carboxylic acids is 1. The second kappa shape index (κ2) is 11.4. The molecule has 0 fully saturated rings. The third-order valence-corrected chi connectivity index (χ3v) is 4.69. The molecule has 8 heteroatoms. The van der Waals surface area contributed by atoms with E-state index < -0.39 is 17.6 Å². The van der Waals surface area contributed by atoms with Crippen molar-refractivity contribution in [1.29, 1.82) is 5.26 Å². The first-order chi connectivity index (χ1) is 14.7. The van der Waals surface area contributed by atoms with E-state index in [1.807, 2.05) is 0 Å². The van der Waals surface area contributed by atoms with Gasteiger partial charge in [0.15, 0.2) is 0 Å². The van der Waals surface area contributed by atoms with Crippen molar-refractivity contribution in [1.82, 2.24) is 0 Å². The fourth-order valence-electron chi connectivity index (χ4n) is 2.68. The summed E-state index contributed by atoms with van der Waals surface area (Å²) in [6.45, 7) is 2.75. The molecular weight excluding hydrogens is 429 g/mol. The number of amides is 1. The molecule has 4 nitrogen and oxygen atoms in total. The van der Waals surface area contributed by atoms with Crippen molar-refractivity contribution >= 4 is 29.3 Å². The third-order valence-electron chi connectivity index (χ3n) is 4.36. The van der Waals surface area contributed by atoms with Crippen LogP contribution in [0.4, 0.5) is 18.9 Å². The van der Waals surface area contributed by atoms with Gasteiger partial charge in [-0.1, -0.05) is 49.9 Å². The van der Waals surface area contributed by atoms with Crippen molar-refractivity contribution in [3.05, 3.63) is 64.2 Å². The van der Waals surface area contributed by atoms with Gasteiger partial charge in [-0.25, -0.2) is 0 Å². The number of rotatable bonds is 9. The predicted octanol–water partition coefficient (Wildman–Crippen LogP) is 6.86. The van der Waals surface area contributed by atoms with Gasteiger partial charge in [0, 0.05) is 0 Å². The fraction of sp³-hybridized carbons (Fsp3) is 0.304. The van der Waals surface area contributed by atoms with E-state index in [-0.39, 0.29) is 16.3 Å². The lowest BCUT2D eigenvalue weighted by Gasteiger charge is -2.11. The third kappa shape index (κ3) is 7.65. The number of ether oxygens (including phenoxy) is 1. The van der Waals surface area contributed by atoms with E-state index in [0.717, 1.165) is 43.9 Å². The van der Waals surface area contributed by atoms with Crippen LogP contribution in [0.25, 0.3) is 6.08 Å². The van der Waals surface area contributed by atoms with Crippen LogP contribution in [-0.4, -0.2) is 12.5 Å². The van der Waals surface area contributed by atoms with E-state index in [9.17, 15) is 23.2 Å². The van der Waals surface area contributed by atoms with Crippen LogP contribution < -0.4 is 10.1 Å². The van der Waals surface area contributed by atoms with E-state index in [2.05, 4.69) is 12.2 Å². The molecule has 0 saturated carbocycles. The maximum Gasteiger partial charge on any atom is 0.416 e. The summed E-state index contributed by atoms with van der Waals surface area (Å²) in [7, 11) is 0. The molecule has 0 spiro atoms. The second-order valence-corrected chi connectivity index (χ2v) is 7.20. The quantitative estimate of drug-likeness (QED) is 0.258. The summed E-state index contributed by atoms with van der Waals surface area (Å²) in [4.78, 5) is 12.4. The van der Waals surface area contributed by atoms with Crippen molar-refractivity contribution in [2.75, 3.05) is 11.9 Å². The predicted molar refractivity (Wildman–Crippen MR) is 115 cm³/mol. The zero-order chi connectivity index (χ0) is 22.9. The SMILES string of the molecule is CCCCCCOc1ccc(/C=C(\C#N)C(=O)Nc2cc(C(F)(F)F)ccc2Cl)cc1. The standard InChI is InChI=1S/C23H22ClF3N2O2/c1-2-3-4-5-12-31-19-9-6-16(7-10-19)13-17(15-28)22(30)29-21-14-18(23(25,26)27)8-11-20(21)24/h6-11,13-14H,2-5,12H2,1H3,(H,29,30)/b17-13+.